The van der Waals surface area contributed by atoms with Crippen LogP contribution in [0.1, 0.15) is 31.2 Å². The van der Waals surface area contributed by atoms with Crippen molar-refractivity contribution in [1.29, 1.82) is 0 Å². The van der Waals surface area contributed by atoms with E-state index in [0.29, 0.717) is 0 Å². The molecule has 1 heteroatoms. The van der Waals surface area contributed by atoms with Crippen LogP contribution in [0.3, 0.4) is 0 Å². The highest BCUT2D eigenvalue weighted by atomic mass is 35.5. The highest BCUT2D eigenvalue weighted by Gasteiger charge is 2.28. The van der Waals surface area contributed by atoms with E-state index in [0.717, 1.165) is 16.9 Å². The van der Waals surface area contributed by atoms with Gasteiger partial charge in [0.05, 0.1) is 0 Å². The Morgan fingerprint density at radius 1 is 1.25 bits per heavy atom. The van der Waals surface area contributed by atoms with Crippen LogP contribution < -0.4 is 0 Å². The molecule has 0 aromatic heterocycles. The highest BCUT2D eigenvalue weighted by molar-refractivity contribution is 6.30. The number of rotatable bonds is 2. The van der Waals surface area contributed by atoms with Crippen molar-refractivity contribution in [1.82, 2.24) is 0 Å². The smallest absolute Gasteiger partial charge is 0.0406 e. The Balaban J connectivity index is 2.16. The van der Waals surface area contributed by atoms with Gasteiger partial charge in [0.15, 0.2) is 0 Å². The lowest BCUT2D eigenvalue weighted by Crippen LogP contribution is -1.94. The summed E-state index contributed by atoms with van der Waals surface area (Å²) >= 11 is 5.81. The first-order valence-electron chi connectivity index (χ1n) is 4.53. The first-order chi connectivity index (χ1) is 5.77. The molecule has 0 spiro atoms. The molecule has 0 saturated heterocycles. The van der Waals surface area contributed by atoms with E-state index in [4.69, 9.17) is 11.6 Å². The summed E-state index contributed by atoms with van der Waals surface area (Å²) in [5.74, 6) is 1.66. The van der Waals surface area contributed by atoms with Crippen LogP contribution in [0.2, 0.25) is 5.02 Å². The van der Waals surface area contributed by atoms with Crippen LogP contribution in [-0.4, -0.2) is 0 Å². The van der Waals surface area contributed by atoms with Crippen molar-refractivity contribution in [3.05, 3.63) is 34.9 Å². The Morgan fingerprint density at radius 2 is 1.83 bits per heavy atom. The third-order valence-electron chi connectivity index (χ3n) is 2.72. The predicted octanol–water partition coefficient (Wildman–Crippen LogP) is 3.85. The molecule has 1 fully saturated rings. The molecule has 1 aromatic rings. The van der Waals surface area contributed by atoms with Gasteiger partial charge in [-0.05, 0) is 42.4 Å². The van der Waals surface area contributed by atoms with E-state index >= 15 is 0 Å². The fraction of sp³-hybridized carbons (Fsp3) is 0.455. The molecular formula is C11H13Cl. The van der Waals surface area contributed by atoms with Crippen molar-refractivity contribution in [2.45, 2.75) is 25.7 Å². The van der Waals surface area contributed by atoms with Gasteiger partial charge in [0.1, 0.15) is 0 Å². The summed E-state index contributed by atoms with van der Waals surface area (Å²) in [5, 5.41) is 0.835. The van der Waals surface area contributed by atoms with Crippen LogP contribution in [-0.2, 0) is 0 Å². The number of halogens is 1. The van der Waals surface area contributed by atoms with Gasteiger partial charge in [-0.15, -0.1) is 0 Å². The monoisotopic (exact) mass is 180 g/mol. The van der Waals surface area contributed by atoms with Crippen molar-refractivity contribution in [3.8, 4) is 0 Å². The molecule has 0 unspecified atom stereocenters. The highest BCUT2D eigenvalue weighted by Crippen LogP contribution is 2.42. The molecule has 1 aromatic carbocycles. The predicted molar refractivity (Wildman–Crippen MR) is 52.6 cm³/mol. The maximum atomic E-state index is 5.81. The molecule has 2 rings (SSSR count). The van der Waals surface area contributed by atoms with E-state index in [1.54, 1.807) is 0 Å². The fourth-order valence-corrected chi connectivity index (χ4v) is 1.76. The molecule has 12 heavy (non-hydrogen) atoms. The molecule has 1 aliphatic carbocycles. The summed E-state index contributed by atoms with van der Waals surface area (Å²) in [7, 11) is 0. The first kappa shape index (κ1) is 8.12. The average Bonchev–Trinajstić information content (AvgIpc) is 2.87. The number of benzene rings is 1. The summed E-state index contributed by atoms with van der Waals surface area (Å²) in [6.07, 6.45) is 2.81. The zero-order chi connectivity index (χ0) is 8.55. The van der Waals surface area contributed by atoms with E-state index < -0.39 is 0 Å². The van der Waals surface area contributed by atoms with Crippen LogP contribution in [0.15, 0.2) is 24.3 Å². The van der Waals surface area contributed by atoms with Gasteiger partial charge in [-0.3, -0.25) is 0 Å². The van der Waals surface area contributed by atoms with Gasteiger partial charge in [-0.25, -0.2) is 0 Å². The summed E-state index contributed by atoms with van der Waals surface area (Å²) in [5.41, 5.74) is 1.43. The molecule has 0 radical (unpaired) electrons. The Kier molecular flexibility index (Phi) is 2.10. The van der Waals surface area contributed by atoms with Crippen molar-refractivity contribution in [2.24, 2.45) is 5.92 Å². The second-order valence-corrected chi connectivity index (χ2v) is 4.11. The minimum absolute atomic E-state index is 0.724. The summed E-state index contributed by atoms with van der Waals surface area (Å²) in [4.78, 5) is 0. The van der Waals surface area contributed by atoms with E-state index in [-0.39, 0.29) is 0 Å². The maximum Gasteiger partial charge on any atom is 0.0406 e. The van der Waals surface area contributed by atoms with E-state index in [1.807, 2.05) is 12.1 Å². The van der Waals surface area contributed by atoms with Crippen LogP contribution in [0.5, 0.6) is 0 Å². The maximum absolute atomic E-state index is 5.81. The van der Waals surface area contributed by atoms with Gasteiger partial charge >= 0.3 is 0 Å². The summed E-state index contributed by atoms with van der Waals surface area (Å²) < 4.78 is 0. The van der Waals surface area contributed by atoms with Crippen molar-refractivity contribution in [2.75, 3.05) is 0 Å². The molecule has 0 N–H and O–H groups in total. The zero-order valence-electron chi connectivity index (χ0n) is 7.26. The Morgan fingerprint density at radius 3 is 2.33 bits per heavy atom. The minimum Gasteiger partial charge on any atom is -0.0843 e. The van der Waals surface area contributed by atoms with Gasteiger partial charge < -0.3 is 0 Å². The largest absolute Gasteiger partial charge is 0.0843 e. The lowest BCUT2D eigenvalue weighted by Gasteiger charge is -2.09. The topological polar surface area (TPSA) is 0 Å². The molecular weight excluding hydrogens is 168 g/mol. The van der Waals surface area contributed by atoms with Crippen molar-refractivity contribution < 1.29 is 0 Å². The third-order valence-corrected chi connectivity index (χ3v) is 2.98. The van der Waals surface area contributed by atoms with E-state index in [2.05, 4.69) is 19.1 Å². The van der Waals surface area contributed by atoms with Crippen LogP contribution in [0, 0.1) is 5.92 Å². The number of hydrogen-bond acceptors (Lipinski definition) is 0. The van der Waals surface area contributed by atoms with E-state index in [9.17, 15) is 0 Å². The number of hydrogen-bond donors (Lipinski definition) is 0. The average molecular weight is 181 g/mol. The second kappa shape index (κ2) is 3.10. The lowest BCUT2D eigenvalue weighted by molar-refractivity contribution is 0.664. The molecule has 1 atom stereocenters. The van der Waals surface area contributed by atoms with Crippen LogP contribution in [0.25, 0.3) is 0 Å². The molecule has 0 nitrogen and oxygen atoms in total. The summed E-state index contributed by atoms with van der Waals surface area (Å²) in [6.45, 7) is 2.31. The fourth-order valence-electron chi connectivity index (χ4n) is 1.63. The zero-order valence-corrected chi connectivity index (χ0v) is 8.01. The Bertz CT molecular complexity index is 259. The molecule has 1 aliphatic rings. The van der Waals surface area contributed by atoms with E-state index in [1.165, 1.54) is 18.4 Å². The van der Waals surface area contributed by atoms with Gasteiger partial charge in [0, 0.05) is 5.02 Å². The van der Waals surface area contributed by atoms with Gasteiger partial charge in [0.2, 0.25) is 0 Å². The van der Waals surface area contributed by atoms with Gasteiger partial charge in [-0.2, -0.15) is 0 Å². The van der Waals surface area contributed by atoms with Gasteiger partial charge in [-0.1, -0.05) is 30.7 Å². The molecule has 0 aliphatic heterocycles. The second-order valence-electron chi connectivity index (χ2n) is 3.68. The SMILES string of the molecule is C[C@@H](c1ccc(Cl)cc1)C1CC1. The van der Waals surface area contributed by atoms with Gasteiger partial charge in [0.25, 0.3) is 0 Å². The molecule has 64 valence electrons. The quantitative estimate of drug-likeness (QED) is 0.649. The molecule has 0 bridgehead atoms. The van der Waals surface area contributed by atoms with Crippen molar-refractivity contribution in [3.63, 3.8) is 0 Å². The van der Waals surface area contributed by atoms with Crippen molar-refractivity contribution >= 4 is 11.6 Å². The lowest BCUT2D eigenvalue weighted by atomic mass is 9.97. The standard InChI is InChI=1S/C11H13Cl/c1-8(9-2-3-9)10-4-6-11(12)7-5-10/h4-9H,2-3H2,1H3/t8-/m1/s1. The summed E-state index contributed by atoms with van der Waals surface area (Å²) in [6, 6.07) is 8.25. The third kappa shape index (κ3) is 1.64. The normalized spacial score (nSPS) is 19.2. The Hall–Kier alpha value is -0.490. The molecule has 0 heterocycles. The van der Waals surface area contributed by atoms with Crippen LogP contribution in [0.4, 0.5) is 0 Å². The first-order valence-corrected chi connectivity index (χ1v) is 4.90. The molecule has 0 amide bonds. The molecule has 1 saturated carbocycles. The van der Waals surface area contributed by atoms with Crippen LogP contribution >= 0.6 is 11.6 Å². The minimum atomic E-state index is 0.724. The Labute approximate surface area is 78.6 Å².